The van der Waals surface area contributed by atoms with Crippen molar-refractivity contribution in [3.05, 3.63) is 77.4 Å². The molecule has 0 spiro atoms. The Bertz CT molecular complexity index is 1470. The van der Waals surface area contributed by atoms with E-state index in [4.69, 9.17) is 9.47 Å². The van der Waals surface area contributed by atoms with Gasteiger partial charge in [0.05, 0.1) is 41.2 Å². The summed E-state index contributed by atoms with van der Waals surface area (Å²) < 4.78 is 36.7. The maximum atomic E-state index is 13.5. The van der Waals surface area contributed by atoms with Crippen molar-refractivity contribution in [2.45, 2.75) is 31.1 Å². The zero-order chi connectivity index (χ0) is 26.6. The molecule has 3 N–H and O–H groups in total. The maximum absolute atomic E-state index is 13.5. The van der Waals surface area contributed by atoms with E-state index in [-0.39, 0.29) is 23.9 Å². The van der Waals surface area contributed by atoms with Gasteiger partial charge in [-0.2, -0.15) is 0 Å². The van der Waals surface area contributed by atoms with E-state index in [0.29, 0.717) is 38.8 Å². The third-order valence-corrected chi connectivity index (χ3v) is 8.44. The first kappa shape index (κ1) is 26.6. The number of sulfone groups is 1. The number of carbonyl (C=O) groups excluding carboxylic acids is 1. The fraction of sp³-hybridized carbons (Fsp3) is 0.231. The molecule has 1 heterocycles. The van der Waals surface area contributed by atoms with Gasteiger partial charge in [0.2, 0.25) is 6.10 Å². The first-order valence-corrected chi connectivity index (χ1v) is 13.8. The number of benzene rings is 3. The van der Waals surface area contributed by atoms with E-state index in [9.17, 15) is 23.4 Å². The molecule has 3 aromatic carbocycles. The number of amides is 1. The van der Waals surface area contributed by atoms with E-state index in [0.717, 1.165) is 4.70 Å². The molecule has 4 aromatic rings. The largest absolute Gasteiger partial charge is 0.493 e. The lowest BCUT2D eigenvalue weighted by Crippen LogP contribution is -2.26. The summed E-state index contributed by atoms with van der Waals surface area (Å²) >= 11 is 1.21. The predicted molar refractivity (Wildman–Crippen MR) is 141 cm³/mol. The summed E-state index contributed by atoms with van der Waals surface area (Å²) in [7, 11) is -1.92. The van der Waals surface area contributed by atoms with Crippen LogP contribution in [0, 0.1) is 0 Å². The second-order valence-corrected chi connectivity index (χ2v) is 11.3. The molecule has 0 bridgehead atoms. The van der Waals surface area contributed by atoms with E-state index >= 15 is 0 Å². The van der Waals surface area contributed by atoms with Gasteiger partial charge >= 0.3 is 0 Å². The minimum Gasteiger partial charge on any atom is -0.493 e. The van der Waals surface area contributed by atoms with Crippen molar-refractivity contribution < 1.29 is 32.9 Å². The molecule has 4 rings (SSSR count). The van der Waals surface area contributed by atoms with E-state index in [2.05, 4.69) is 10.3 Å². The van der Waals surface area contributed by atoms with Crippen molar-refractivity contribution in [2.24, 2.45) is 0 Å². The molecular weight excluding hydrogens is 516 g/mol. The lowest BCUT2D eigenvalue weighted by Gasteiger charge is -2.20. The third kappa shape index (κ3) is 5.75. The number of nitrogens with zero attached hydrogens (tertiary/aromatic N) is 1. The summed E-state index contributed by atoms with van der Waals surface area (Å²) in [5, 5.41) is 22.2. The number of hydrogen-bond acceptors (Lipinski definition) is 9. The van der Waals surface area contributed by atoms with E-state index in [1.165, 1.54) is 30.6 Å². The summed E-state index contributed by atoms with van der Waals surface area (Å²) in [6, 6.07) is 16.3. The zero-order valence-corrected chi connectivity index (χ0v) is 21.8. The van der Waals surface area contributed by atoms with Gasteiger partial charge in [0.25, 0.3) is 5.91 Å². The number of aromatic nitrogens is 1. The van der Waals surface area contributed by atoms with Crippen LogP contribution in [-0.2, 0) is 27.8 Å². The Morgan fingerprint density at radius 1 is 1.03 bits per heavy atom. The lowest BCUT2D eigenvalue weighted by atomic mass is 10.1. The van der Waals surface area contributed by atoms with Crippen LogP contribution in [0.25, 0.3) is 10.2 Å². The first-order valence-electron chi connectivity index (χ1n) is 11.4. The number of carbonyl (C=O) groups is 1. The normalized spacial score (nSPS) is 12.3. The molecule has 1 atom stereocenters. The Morgan fingerprint density at radius 2 is 1.68 bits per heavy atom. The van der Waals surface area contributed by atoms with E-state index < -0.39 is 21.8 Å². The van der Waals surface area contributed by atoms with Gasteiger partial charge in [0.1, 0.15) is 0 Å². The maximum Gasteiger partial charge on any atom is 0.271 e. The molecule has 0 saturated carbocycles. The van der Waals surface area contributed by atoms with Gasteiger partial charge in [-0.3, -0.25) is 10.1 Å². The average Bonchev–Trinajstić information content (AvgIpc) is 3.31. The number of rotatable bonds is 10. The summed E-state index contributed by atoms with van der Waals surface area (Å²) in [5.41, 5.74) is 2.14. The number of fused-ring (bicyclic) bond motifs is 1. The molecule has 194 valence electrons. The van der Waals surface area contributed by atoms with Crippen LogP contribution in [0.3, 0.4) is 0 Å². The van der Waals surface area contributed by atoms with Gasteiger partial charge in [-0.05, 0) is 47.5 Å². The summed E-state index contributed by atoms with van der Waals surface area (Å²) in [6.45, 7) is 1.09. The second-order valence-electron chi connectivity index (χ2n) is 8.03. The predicted octanol–water partition coefficient (Wildman–Crippen LogP) is 3.84. The average molecular weight is 543 g/mol. The molecule has 1 aromatic heterocycles. The molecule has 37 heavy (non-hydrogen) atoms. The number of nitrogens with one attached hydrogen (secondary N) is 1. The smallest absolute Gasteiger partial charge is 0.271 e. The molecule has 0 aliphatic rings. The number of thiazole rings is 1. The quantitative estimate of drug-likeness (QED) is 0.275. The Kier molecular flexibility index (Phi) is 8.08. The Morgan fingerprint density at radius 3 is 2.30 bits per heavy atom. The highest BCUT2D eigenvalue weighted by Crippen LogP contribution is 2.33. The Hall–Kier alpha value is -3.51. The highest BCUT2D eigenvalue weighted by atomic mass is 32.2. The Labute approximate surface area is 218 Å². The first-order chi connectivity index (χ1) is 17.8. The monoisotopic (exact) mass is 542 g/mol. The van der Waals surface area contributed by atoms with Crippen molar-refractivity contribution in [1.82, 2.24) is 4.98 Å². The minimum atomic E-state index is -3.41. The minimum absolute atomic E-state index is 0.0401. The third-order valence-electron chi connectivity index (χ3n) is 5.75. The molecular formula is C26H26N2O7S2. The van der Waals surface area contributed by atoms with E-state index in [1.54, 1.807) is 55.5 Å². The topological polar surface area (TPSA) is 135 Å². The van der Waals surface area contributed by atoms with Gasteiger partial charge in [-0.15, -0.1) is 0 Å². The number of methoxy groups -OCH3 is 1. The number of ether oxygens (including phenoxy) is 2. The number of aliphatic hydroxyl groups is 2. The van der Waals surface area contributed by atoms with Crippen LogP contribution < -0.4 is 14.8 Å². The van der Waals surface area contributed by atoms with Crippen molar-refractivity contribution >= 4 is 42.4 Å². The molecule has 9 nitrogen and oxygen atoms in total. The lowest BCUT2D eigenvalue weighted by molar-refractivity contribution is -0.123. The standard InChI is InChI=1S/C26H26N2O7S2/c1-3-37(32,33)19-10-8-16(9-11-19)24(35-22-7-5-4-6-21(22)34-2)25(31)28-26-27-20-12-17(14-29)18(15-30)13-23(20)36-26/h4-13,24,29-30H,3,14-15H2,1-2H3,(H,27,28,31). The molecule has 1 amide bonds. The van der Waals surface area contributed by atoms with Crippen molar-refractivity contribution in [3.63, 3.8) is 0 Å². The summed E-state index contributed by atoms with van der Waals surface area (Å²) in [4.78, 5) is 18.1. The van der Waals surface area contributed by atoms with Crippen LogP contribution in [0.1, 0.15) is 29.7 Å². The molecule has 0 aliphatic carbocycles. The van der Waals surface area contributed by atoms with Crippen molar-refractivity contribution in [2.75, 3.05) is 18.2 Å². The van der Waals surface area contributed by atoms with E-state index in [1.807, 2.05) is 0 Å². The molecule has 1 unspecified atom stereocenters. The van der Waals surface area contributed by atoms with Crippen LogP contribution in [0.5, 0.6) is 11.5 Å². The highest BCUT2D eigenvalue weighted by Gasteiger charge is 2.26. The molecule has 0 aliphatic heterocycles. The van der Waals surface area contributed by atoms with Gasteiger partial charge in [-0.25, -0.2) is 13.4 Å². The summed E-state index contributed by atoms with van der Waals surface area (Å²) in [6.07, 6.45) is -1.15. The van der Waals surface area contributed by atoms with Gasteiger partial charge in [0.15, 0.2) is 26.5 Å². The second kappa shape index (κ2) is 11.3. The Balaban J connectivity index is 1.68. The van der Waals surface area contributed by atoms with Crippen LogP contribution in [0.4, 0.5) is 5.13 Å². The molecule has 0 radical (unpaired) electrons. The van der Waals surface area contributed by atoms with Gasteiger partial charge in [0, 0.05) is 5.56 Å². The van der Waals surface area contributed by atoms with Gasteiger partial charge in [-0.1, -0.05) is 42.5 Å². The SMILES string of the molecule is CCS(=O)(=O)c1ccc(C(Oc2ccccc2OC)C(=O)Nc2nc3cc(CO)c(CO)cc3s2)cc1. The number of para-hydroxylation sites is 2. The van der Waals surface area contributed by atoms with Crippen molar-refractivity contribution in [1.29, 1.82) is 0 Å². The van der Waals surface area contributed by atoms with Crippen LogP contribution >= 0.6 is 11.3 Å². The number of anilines is 1. The van der Waals surface area contributed by atoms with Crippen molar-refractivity contribution in [3.8, 4) is 11.5 Å². The molecule has 0 fully saturated rings. The molecule has 11 heteroatoms. The number of aliphatic hydroxyl groups excluding tert-OH is 2. The van der Waals surface area contributed by atoms with Crippen LogP contribution in [0.2, 0.25) is 0 Å². The summed E-state index contributed by atoms with van der Waals surface area (Å²) in [5.74, 6) is 0.195. The van der Waals surface area contributed by atoms with Crippen LogP contribution in [0.15, 0.2) is 65.6 Å². The molecule has 0 saturated heterocycles. The fourth-order valence-electron chi connectivity index (χ4n) is 3.71. The number of hydrogen-bond donors (Lipinski definition) is 3. The fourth-order valence-corrected chi connectivity index (χ4v) is 5.51. The van der Waals surface area contributed by atoms with Crippen LogP contribution in [-0.4, -0.2) is 42.4 Å². The zero-order valence-electron chi connectivity index (χ0n) is 20.2. The highest BCUT2D eigenvalue weighted by molar-refractivity contribution is 7.91. The van der Waals surface area contributed by atoms with Gasteiger partial charge < -0.3 is 19.7 Å².